The van der Waals surface area contributed by atoms with Gasteiger partial charge in [-0.3, -0.25) is 14.6 Å². The Kier molecular flexibility index (Phi) is 5.62. The fourth-order valence-corrected chi connectivity index (χ4v) is 4.75. The number of amides is 2. The Labute approximate surface area is 170 Å². The van der Waals surface area contributed by atoms with Crippen molar-refractivity contribution < 1.29 is 14.3 Å². The maximum Gasteiger partial charge on any atom is 0.254 e. The van der Waals surface area contributed by atoms with Crippen molar-refractivity contribution >= 4 is 22.7 Å². The summed E-state index contributed by atoms with van der Waals surface area (Å²) < 4.78 is 5.07. The molecule has 1 aliphatic carbocycles. The Morgan fingerprint density at radius 3 is 3.07 bits per heavy atom. The predicted octanol–water partition coefficient (Wildman–Crippen LogP) is 2.94. The summed E-state index contributed by atoms with van der Waals surface area (Å²) in [5.74, 6) is 0.00683. The number of nitrogens with zero attached hydrogens (tertiary/aromatic N) is 2. The summed E-state index contributed by atoms with van der Waals surface area (Å²) in [7, 11) is 1.62. The van der Waals surface area contributed by atoms with E-state index < -0.39 is 5.41 Å². The van der Waals surface area contributed by atoms with Gasteiger partial charge in [0.05, 0.1) is 17.5 Å². The molecule has 0 bridgehead atoms. The second-order valence-corrected chi connectivity index (χ2v) is 7.86. The first-order chi connectivity index (χ1) is 14.2. The molecule has 0 radical (unpaired) electrons. The first-order valence-electron chi connectivity index (χ1n) is 10.2. The molecule has 2 aliphatic rings. The summed E-state index contributed by atoms with van der Waals surface area (Å²) in [6.07, 6.45) is 9.09. The lowest BCUT2D eigenvalue weighted by atomic mass is 9.77. The highest BCUT2D eigenvalue weighted by atomic mass is 16.5. The number of aromatic nitrogens is 1. The zero-order valence-corrected chi connectivity index (χ0v) is 16.8. The van der Waals surface area contributed by atoms with Crippen LogP contribution in [0.3, 0.4) is 0 Å². The van der Waals surface area contributed by atoms with Crippen LogP contribution in [0.1, 0.15) is 36.0 Å². The highest BCUT2D eigenvalue weighted by Crippen LogP contribution is 2.46. The van der Waals surface area contributed by atoms with Crippen LogP contribution in [0.2, 0.25) is 0 Å². The van der Waals surface area contributed by atoms with Crippen molar-refractivity contribution in [3.05, 3.63) is 54.2 Å². The van der Waals surface area contributed by atoms with Gasteiger partial charge in [0.15, 0.2) is 0 Å². The van der Waals surface area contributed by atoms with Crippen LogP contribution in [0, 0.1) is 5.41 Å². The molecule has 0 spiro atoms. The highest BCUT2D eigenvalue weighted by molar-refractivity contribution is 5.99. The zero-order chi connectivity index (χ0) is 20.3. The van der Waals surface area contributed by atoms with Crippen LogP contribution >= 0.6 is 0 Å². The van der Waals surface area contributed by atoms with Gasteiger partial charge >= 0.3 is 0 Å². The van der Waals surface area contributed by atoms with Crippen LogP contribution in [0.15, 0.2) is 48.7 Å². The van der Waals surface area contributed by atoms with E-state index in [0.29, 0.717) is 31.7 Å². The number of carbonyl (C=O) groups excluding carboxylic acids is 2. The number of hydrogen-bond donors (Lipinski definition) is 1. The van der Waals surface area contributed by atoms with E-state index in [0.717, 1.165) is 30.2 Å². The SMILES string of the molecule is COCCNC(=O)[C@@]12CC=CCN(C(=O)c3ccc4ncccc4c3)[C@@H]1CCC2. The van der Waals surface area contributed by atoms with Gasteiger partial charge in [-0.1, -0.05) is 24.6 Å². The number of fused-ring (bicyclic) bond motifs is 2. The molecule has 2 heterocycles. The molecule has 1 aromatic heterocycles. The topological polar surface area (TPSA) is 71.5 Å². The van der Waals surface area contributed by atoms with Crippen LogP contribution in [-0.2, 0) is 9.53 Å². The van der Waals surface area contributed by atoms with Crippen molar-refractivity contribution in [2.75, 3.05) is 26.8 Å². The Balaban J connectivity index is 1.63. The highest BCUT2D eigenvalue weighted by Gasteiger charge is 2.52. The van der Waals surface area contributed by atoms with E-state index in [-0.39, 0.29) is 17.9 Å². The minimum atomic E-state index is -0.561. The van der Waals surface area contributed by atoms with E-state index in [1.54, 1.807) is 13.3 Å². The molecule has 0 unspecified atom stereocenters. The van der Waals surface area contributed by atoms with E-state index in [9.17, 15) is 9.59 Å². The van der Waals surface area contributed by atoms with Crippen molar-refractivity contribution in [1.29, 1.82) is 0 Å². The molecule has 1 aliphatic heterocycles. The van der Waals surface area contributed by atoms with Crippen molar-refractivity contribution in [2.24, 2.45) is 5.41 Å². The molecule has 6 nitrogen and oxygen atoms in total. The average Bonchev–Trinajstić information content (AvgIpc) is 3.09. The molecule has 1 aromatic carbocycles. The Hall–Kier alpha value is -2.73. The molecular formula is C23H27N3O3. The van der Waals surface area contributed by atoms with E-state index >= 15 is 0 Å². The molecule has 1 N–H and O–H groups in total. The van der Waals surface area contributed by atoms with Crippen molar-refractivity contribution in [3.63, 3.8) is 0 Å². The monoisotopic (exact) mass is 393 g/mol. The van der Waals surface area contributed by atoms with E-state index in [1.165, 1.54) is 0 Å². The largest absolute Gasteiger partial charge is 0.383 e. The van der Waals surface area contributed by atoms with Crippen LogP contribution < -0.4 is 5.32 Å². The van der Waals surface area contributed by atoms with Crippen LogP contribution in [0.25, 0.3) is 10.9 Å². The van der Waals surface area contributed by atoms with Gasteiger partial charge in [0, 0.05) is 43.4 Å². The minimum absolute atomic E-state index is 0.0248. The number of methoxy groups -OCH3 is 1. The number of allylic oxidation sites excluding steroid dienone is 1. The number of hydrogen-bond acceptors (Lipinski definition) is 4. The zero-order valence-electron chi connectivity index (χ0n) is 16.8. The molecular weight excluding hydrogens is 366 g/mol. The molecule has 4 rings (SSSR count). The fraction of sp³-hybridized carbons (Fsp3) is 0.435. The number of ether oxygens (including phenoxy) is 1. The molecule has 29 heavy (non-hydrogen) atoms. The summed E-state index contributed by atoms with van der Waals surface area (Å²) in [6.45, 7) is 1.50. The van der Waals surface area contributed by atoms with Gasteiger partial charge in [0.1, 0.15) is 0 Å². The molecule has 2 amide bonds. The second-order valence-electron chi connectivity index (χ2n) is 7.86. The quantitative estimate of drug-likeness (QED) is 0.626. The Morgan fingerprint density at radius 2 is 2.21 bits per heavy atom. The molecule has 0 saturated heterocycles. The molecule has 152 valence electrons. The first kappa shape index (κ1) is 19.6. The van der Waals surface area contributed by atoms with Crippen molar-refractivity contribution in [1.82, 2.24) is 15.2 Å². The van der Waals surface area contributed by atoms with Gasteiger partial charge in [0.2, 0.25) is 5.91 Å². The first-order valence-corrected chi connectivity index (χ1v) is 10.2. The third kappa shape index (κ3) is 3.65. The summed E-state index contributed by atoms with van der Waals surface area (Å²) >= 11 is 0. The van der Waals surface area contributed by atoms with E-state index in [1.807, 2.05) is 41.3 Å². The molecule has 6 heteroatoms. The lowest BCUT2D eigenvalue weighted by Crippen LogP contribution is -2.54. The molecule has 1 saturated carbocycles. The predicted molar refractivity (Wildman–Crippen MR) is 111 cm³/mol. The van der Waals surface area contributed by atoms with Gasteiger partial charge in [-0.15, -0.1) is 0 Å². The Bertz CT molecular complexity index is 942. The fourth-order valence-electron chi connectivity index (χ4n) is 4.75. The number of benzene rings is 1. The standard InChI is InChI=1S/C23H27N3O3/c1-29-15-13-25-22(28)23-10-2-3-14-26(20(23)7-4-11-23)21(27)18-8-9-19-17(16-18)6-5-12-24-19/h2-3,5-6,8-9,12,16,20H,4,7,10-11,13-15H2,1H3,(H,25,28)/t20-,23-/m1/s1. The summed E-state index contributed by atoms with van der Waals surface area (Å²) in [6, 6.07) is 9.35. The molecule has 2 atom stereocenters. The van der Waals surface area contributed by atoms with Crippen molar-refractivity contribution in [2.45, 2.75) is 31.7 Å². The third-order valence-electron chi connectivity index (χ3n) is 6.22. The average molecular weight is 393 g/mol. The number of nitrogens with one attached hydrogen (secondary N) is 1. The lowest BCUT2D eigenvalue weighted by Gasteiger charge is -2.39. The van der Waals surface area contributed by atoms with Crippen LogP contribution in [0.4, 0.5) is 0 Å². The smallest absolute Gasteiger partial charge is 0.254 e. The normalized spacial score (nSPS) is 23.6. The number of pyridine rings is 1. The lowest BCUT2D eigenvalue weighted by molar-refractivity contribution is -0.133. The summed E-state index contributed by atoms with van der Waals surface area (Å²) in [5, 5.41) is 3.97. The van der Waals surface area contributed by atoms with E-state index in [2.05, 4.69) is 16.4 Å². The minimum Gasteiger partial charge on any atom is -0.383 e. The van der Waals surface area contributed by atoms with Gasteiger partial charge in [-0.2, -0.15) is 0 Å². The maximum atomic E-state index is 13.5. The molecule has 1 fully saturated rings. The van der Waals surface area contributed by atoms with Gasteiger partial charge in [-0.25, -0.2) is 0 Å². The Morgan fingerprint density at radius 1 is 1.31 bits per heavy atom. The van der Waals surface area contributed by atoms with Crippen molar-refractivity contribution in [3.8, 4) is 0 Å². The van der Waals surface area contributed by atoms with Crippen LogP contribution in [-0.4, -0.2) is 54.5 Å². The van der Waals surface area contributed by atoms with Gasteiger partial charge < -0.3 is 15.0 Å². The van der Waals surface area contributed by atoms with Crippen LogP contribution in [0.5, 0.6) is 0 Å². The van der Waals surface area contributed by atoms with Gasteiger partial charge in [-0.05, 0) is 43.5 Å². The third-order valence-corrected chi connectivity index (χ3v) is 6.22. The number of rotatable bonds is 5. The summed E-state index contributed by atoms with van der Waals surface area (Å²) in [5.41, 5.74) is 0.948. The maximum absolute atomic E-state index is 13.5. The van der Waals surface area contributed by atoms with E-state index in [4.69, 9.17) is 4.74 Å². The van der Waals surface area contributed by atoms with Gasteiger partial charge in [0.25, 0.3) is 5.91 Å². The second kappa shape index (κ2) is 8.33. The summed E-state index contributed by atoms with van der Waals surface area (Å²) in [4.78, 5) is 32.9. The molecule has 2 aromatic rings. The number of carbonyl (C=O) groups is 2.